The Morgan fingerprint density at radius 1 is 1.06 bits per heavy atom. The third-order valence-electron chi connectivity index (χ3n) is 5.30. The van der Waals surface area contributed by atoms with Crippen molar-refractivity contribution in [2.45, 2.75) is 30.5 Å². The summed E-state index contributed by atoms with van der Waals surface area (Å²) in [6.07, 6.45) is 1.39. The van der Waals surface area contributed by atoms with Crippen molar-refractivity contribution in [1.82, 2.24) is 4.72 Å². The van der Waals surface area contributed by atoms with Crippen LogP contribution < -0.4 is 25.7 Å². The van der Waals surface area contributed by atoms with Gasteiger partial charge < -0.3 is 20.9 Å². The highest BCUT2D eigenvalue weighted by Gasteiger charge is 2.20. The van der Waals surface area contributed by atoms with Crippen LogP contribution in [0.25, 0.3) is 10.4 Å². The molecule has 0 spiro atoms. The molecule has 0 atom stereocenters. The number of nitriles is 1. The van der Waals surface area contributed by atoms with Crippen LogP contribution in [-0.4, -0.2) is 34.7 Å². The maximum atomic E-state index is 13.8. The second kappa shape index (κ2) is 12.8. The molecule has 3 rings (SSSR count). The van der Waals surface area contributed by atoms with E-state index in [0.717, 1.165) is 33.4 Å². The minimum Gasteiger partial charge on any atom is -0.490 e. The molecule has 0 unspecified atom stereocenters. The van der Waals surface area contributed by atoms with Crippen molar-refractivity contribution in [1.29, 1.82) is 5.26 Å². The topological polar surface area (TPSA) is 140 Å². The second-order valence-corrected chi connectivity index (χ2v) is 11.0. The van der Waals surface area contributed by atoms with E-state index in [4.69, 9.17) is 26.2 Å². The minimum atomic E-state index is -3.84. The molecule has 0 aliphatic rings. The monoisotopic (exact) mass is 532 g/mol. The van der Waals surface area contributed by atoms with Crippen molar-refractivity contribution in [3.8, 4) is 28.0 Å². The van der Waals surface area contributed by atoms with Crippen molar-refractivity contribution < 1.29 is 22.3 Å². The van der Waals surface area contributed by atoms with E-state index in [1.807, 2.05) is 19.1 Å². The van der Waals surface area contributed by atoms with Gasteiger partial charge in [0, 0.05) is 17.0 Å². The van der Waals surface area contributed by atoms with Gasteiger partial charge in [-0.15, -0.1) is 11.3 Å². The standard InChI is InChI=1S/C25H29FN4O4S2/c1-17-20(6-7-22(33-12-2-10-27)25(17)34-13-3-11-28)23-8-9-24(35-23)36(31,32)30-16-18-4-5-19(15-29)21(26)14-18/h4-9,14,30H,2-3,10-13,16,27-28H2,1H3. The lowest BCUT2D eigenvalue weighted by Gasteiger charge is -2.17. The summed E-state index contributed by atoms with van der Waals surface area (Å²) in [6, 6.07) is 12.7. The van der Waals surface area contributed by atoms with Crippen molar-refractivity contribution in [2.75, 3.05) is 26.3 Å². The zero-order chi connectivity index (χ0) is 26.1. The fraction of sp³-hybridized carbons (Fsp3) is 0.320. The molecule has 8 nitrogen and oxygen atoms in total. The molecule has 1 heterocycles. The fourth-order valence-corrected chi connectivity index (χ4v) is 5.82. The van der Waals surface area contributed by atoms with E-state index >= 15 is 0 Å². The zero-order valence-corrected chi connectivity index (χ0v) is 21.6. The van der Waals surface area contributed by atoms with Crippen LogP contribution in [0.4, 0.5) is 4.39 Å². The van der Waals surface area contributed by atoms with Gasteiger partial charge in [-0.2, -0.15) is 5.26 Å². The Morgan fingerprint density at radius 2 is 1.78 bits per heavy atom. The van der Waals surface area contributed by atoms with Gasteiger partial charge in [-0.05, 0) is 80.4 Å². The quantitative estimate of drug-likeness (QED) is 0.285. The number of hydrogen-bond acceptors (Lipinski definition) is 8. The Kier molecular flexibility index (Phi) is 9.81. The van der Waals surface area contributed by atoms with Crippen LogP contribution >= 0.6 is 11.3 Å². The van der Waals surface area contributed by atoms with E-state index in [1.165, 1.54) is 18.2 Å². The number of sulfonamides is 1. The third-order valence-corrected chi connectivity index (χ3v) is 8.31. The maximum absolute atomic E-state index is 13.8. The molecule has 192 valence electrons. The van der Waals surface area contributed by atoms with Crippen LogP contribution in [0.1, 0.15) is 29.5 Å². The first-order valence-electron chi connectivity index (χ1n) is 11.4. The number of halogens is 1. The molecular weight excluding hydrogens is 503 g/mol. The number of benzene rings is 2. The largest absolute Gasteiger partial charge is 0.490 e. The van der Waals surface area contributed by atoms with Gasteiger partial charge in [0.2, 0.25) is 10.0 Å². The summed E-state index contributed by atoms with van der Waals surface area (Å²) >= 11 is 1.12. The smallest absolute Gasteiger partial charge is 0.250 e. The highest BCUT2D eigenvalue weighted by atomic mass is 32.2. The van der Waals surface area contributed by atoms with E-state index in [9.17, 15) is 12.8 Å². The first kappa shape index (κ1) is 27.6. The molecule has 0 radical (unpaired) electrons. The lowest BCUT2D eigenvalue weighted by molar-refractivity contribution is 0.264. The molecule has 0 saturated heterocycles. The molecule has 0 aliphatic heterocycles. The molecule has 0 fully saturated rings. The van der Waals surface area contributed by atoms with Gasteiger partial charge in [-0.3, -0.25) is 0 Å². The molecule has 0 saturated carbocycles. The average Bonchev–Trinajstić information content (AvgIpc) is 3.36. The molecule has 11 heteroatoms. The van der Waals surface area contributed by atoms with E-state index in [0.29, 0.717) is 56.2 Å². The lowest BCUT2D eigenvalue weighted by atomic mass is 10.1. The number of nitrogens with zero attached hydrogens (tertiary/aromatic N) is 1. The van der Waals surface area contributed by atoms with Gasteiger partial charge in [-0.25, -0.2) is 17.5 Å². The molecule has 2 aromatic carbocycles. The number of ether oxygens (including phenoxy) is 2. The first-order chi connectivity index (χ1) is 17.3. The van der Waals surface area contributed by atoms with Crippen LogP contribution in [0, 0.1) is 24.1 Å². The van der Waals surface area contributed by atoms with Crippen LogP contribution in [0.5, 0.6) is 11.5 Å². The number of nitrogens with one attached hydrogen (secondary N) is 1. The molecule has 0 amide bonds. The van der Waals surface area contributed by atoms with Crippen LogP contribution in [0.15, 0.2) is 46.7 Å². The van der Waals surface area contributed by atoms with Gasteiger partial charge in [0.15, 0.2) is 11.5 Å². The van der Waals surface area contributed by atoms with Crippen molar-refractivity contribution >= 4 is 21.4 Å². The minimum absolute atomic E-state index is 0.0953. The normalized spacial score (nSPS) is 11.3. The number of thiophene rings is 1. The Balaban J connectivity index is 1.81. The molecule has 36 heavy (non-hydrogen) atoms. The summed E-state index contributed by atoms with van der Waals surface area (Å²) < 4.78 is 54.0. The molecule has 0 bridgehead atoms. The fourth-order valence-electron chi connectivity index (χ4n) is 3.37. The second-order valence-electron chi connectivity index (χ2n) is 7.92. The van der Waals surface area contributed by atoms with E-state index in [2.05, 4.69) is 4.72 Å². The Bertz CT molecular complexity index is 1340. The van der Waals surface area contributed by atoms with Crippen molar-refractivity contribution in [2.24, 2.45) is 11.5 Å². The Hall–Kier alpha value is -3.01. The van der Waals surface area contributed by atoms with E-state index in [1.54, 1.807) is 12.1 Å². The highest BCUT2D eigenvalue weighted by molar-refractivity contribution is 7.91. The van der Waals surface area contributed by atoms with Gasteiger partial charge in [0.05, 0.1) is 18.8 Å². The predicted octanol–water partition coefficient (Wildman–Crippen LogP) is 3.67. The van der Waals surface area contributed by atoms with Crippen molar-refractivity contribution in [3.05, 3.63) is 65.0 Å². The number of rotatable bonds is 13. The average molecular weight is 533 g/mol. The Morgan fingerprint density at radius 3 is 2.44 bits per heavy atom. The molecule has 3 aromatic rings. The number of nitrogens with two attached hydrogens (primary N) is 2. The summed E-state index contributed by atoms with van der Waals surface area (Å²) in [6.45, 7) is 3.69. The molecule has 0 aliphatic carbocycles. The number of hydrogen-bond donors (Lipinski definition) is 3. The first-order valence-corrected chi connectivity index (χ1v) is 13.7. The summed E-state index contributed by atoms with van der Waals surface area (Å²) in [5, 5.41) is 8.84. The van der Waals surface area contributed by atoms with Gasteiger partial charge in [-0.1, -0.05) is 6.07 Å². The molecule has 5 N–H and O–H groups in total. The summed E-state index contributed by atoms with van der Waals surface area (Å²) in [5.74, 6) is 0.502. The Labute approximate surface area is 214 Å². The van der Waals surface area contributed by atoms with Crippen molar-refractivity contribution in [3.63, 3.8) is 0 Å². The lowest BCUT2D eigenvalue weighted by Crippen LogP contribution is -2.22. The van der Waals surface area contributed by atoms with Gasteiger partial charge >= 0.3 is 0 Å². The predicted molar refractivity (Wildman–Crippen MR) is 138 cm³/mol. The zero-order valence-electron chi connectivity index (χ0n) is 19.9. The molecular formula is C25H29FN4O4S2. The van der Waals surface area contributed by atoms with Crippen LogP contribution in [0.2, 0.25) is 0 Å². The van der Waals surface area contributed by atoms with Gasteiger partial charge in [0.25, 0.3) is 0 Å². The SMILES string of the molecule is Cc1c(-c2ccc(S(=O)(=O)NCc3ccc(C#N)c(F)c3)s2)ccc(OCCCN)c1OCCCN. The summed E-state index contributed by atoms with van der Waals surface area (Å²) in [5.41, 5.74) is 13.1. The van der Waals surface area contributed by atoms with Gasteiger partial charge in [0.1, 0.15) is 16.1 Å². The molecule has 1 aromatic heterocycles. The maximum Gasteiger partial charge on any atom is 0.250 e. The van der Waals surface area contributed by atoms with Crippen LogP contribution in [-0.2, 0) is 16.6 Å². The highest BCUT2D eigenvalue weighted by Crippen LogP contribution is 2.41. The van der Waals surface area contributed by atoms with Crippen LogP contribution in [0.3, 0.4) is 0 Å². The van der Waals surface area contributed by atoms with E-state index < -0.39 is 15.8 Å². The van der Waals surface area contributed by atoms with E-state index in [-0.39, 0.29) is 16.3 Å². The summed E-state index contributed by atoms with van der Waals surface area (Å²) in [7, 11) is -3.84. The summed E-state index contributed by atoms with van der Waals surface area (Å²) in [4.78, 5) is 0.745. The third kappa shape index (κ3) is 6.81.